The molecule has 0 aliphatic heterocycles. The molecule has 10 heteroatoms. The lowest BCUT2D eigenvalue weighted by molar-refractivity contribution is 0.592. The third-order valence-electron chi connectivity index (χ3n) is 2.74. The number of aromatic nitrogens is 3. The van der Waals surface area contributed by atoms with Gasteiger partial charge in [0.05, 0.1) is 16.5 Å². The van der Waals surface area contributed by atoms with Gasteiger partial charge in [0, 0.05) is 12.1 Å². The van der Waals surface area contributed by atoms with Crippen LogP contribution >= 0.6 is 22.9 Å². The number of nitrogens with one attached hydrogen (secondary N) is 1. The minimum atomic E-state index is -3.85. The first-order chi connectivity index (χ1) is 9.87. The number of aryl methyl sites for hydroxylation is 1. The van der Waals surface area contributed by atoms with E-state index in [-0.39, 0.29) is 16.0 Å². The molecule has 7 nitrogen and oxygen atoms in total. The van der Waals surface area contributed by atoms with Crippen LogP contribution < -0.4 is 10.5 Å². The molecular formula is C11H10ClN5O2S2. The van der Waals surface area contributed by atoms with Gasteiger partial charge in [-0.25, -0.2) is 9.97 Å². The topological polar surface area (TPSA) is 103 Å². The Bertz CT molecular complexity index is 912. The van der Waals surface area contributed by atoms with Crippen molar-refractivity contribution in [3.05, 3.63) is 29.5 Å². The van der Waals surface area contributed by atoms with Crippen molar-refractivity contribution in [3.63, 3.8) is 0 Å². The minimum Gasteiger partial charge on any atom is -0.381 e. The van der Waals surface area contributed by atoms with Crippen molar-refractivity contribution in [2.45, 2.75) is 5.03 Å². The van der Waals surface area contributed by atoms with Crippen LogP contribution in [0.1, 0.15) is 0 Å². The predicted molar refractivity (Wildman–Crippen MR) is 83.1 cm³/mol. The van der Waals surface area contributed by atoms with Gasteiger partial charge in [0.1, 0.15) is 0 Å². The standard InChI is InChI=1S/C11H10ClN5O2S2/c1-17-5-14-9(13)10(17)21(18,19)16-11-15-7-3-2-6(12)4-8(7)20-11/h2-5H,13H2,1H3,(H,15,16). The number of rotatable bonds is 3. The van der Waals surface area contributed by atoms with Crippen molar-refractivity contribution in [1.29, 1.82) is 0 Å². The number of anilines is 2. The Morgan fingerprint density at radius 2 is 2.19 bits per heavy atom. The number of nitrogen functional groups attached to an aromatic ring is 1. The number of nitrogens with zero attached hydrogens (tertiary/aromatic N) is 3. The Kier molecular flexibility index (Phi) is 3.27. The van der Waals surface area contributed by atoms with Crippen LogP contribution in [0.3, 0.4) is 0 Å². The van der Waals surface area contributed by atoms with Gasteiger partial charge >= 0.3 is 0 Å². The van der Waals surface area contributed by atoms with Crippen molar-refractivity contribution in [2.75, 3.05) is 10.5 Å². The van der Waals surface area contributed by atoms with E-state index in [4.69, 9.17) is 17.3 Å². The Hall–Kier alpha value is -1.84. The van der Waals surface area contributed by atoms with Crippen molar-refractivity contribution in [1.82, 2.24) is 14.5 Å². The summed E-state index contributed by atoms with van der Waals surface area (Å²) in [7, 11) is -2.30. The first kappa shape index (κ1) is 14.1. The summed E-state index contributed by atoms with van der Waals surface area (Å²) in [5, 5.41) is 0.712. The Balaban J connectivity index is 2.01. The Labute approximate surface area is 129 Å². The summed E-state index contributed by atoms with van der Waals surface area (Å²) in [5.74, 6) is -0.0610. The molecule has 0 unspecified atom stereocenters. The van der Waals surface area contributed by atoms with E-state index in [0.717, 1.165) is 4.70 Å². The second kappa shape index (κ2) is 4.86. The maximum Gasteiger partial charge on any atom is 0.283 e. The molecule has 0 saturated carbocycles. The van der Waals surface area contributed by atoms with Gasteiger partial charge < -0.3 is 10.3 Å². The molecule has 3 rings (SSSR count). The molecule has 3 N–H and O–H groups in total. The third-order valence-corrected chi connectivity index (χ3v) is 5.50. The van der Waals surface area contributed by atoms with Gasteiger partial charge in [-0.2, -0.15) is 8.42 Å². The number of hydrogen-bond acceptors (Lipinski definition) is 6. The van der Waals surface area contributed by atoms with Gasteiger partial charge in [-0.15, -0.1) is 0 Å². The minimum absolute atomic E-state index is 0.0610. The SMILES string of the molecule is Cn1cnc(N)c1S(=O)(=O)Nc1nc2ccc(Cl)cc2s1. The smallest absolute Gasteiger partial charge is 0.283 e. The average molecular weight is 344 g/mol. The Morgan fingerprint density at radius 3 is 2.86 bits per heavy atom. The number of benzene rings is 1. The van der Waals surface area contributed by atoms with E-state index in [0.29, 0.717) is 10.5 Å². The van der Waals surface area contributed by atoms with Gasteiger partial charge in [-0.05, 0) is 18.2 Å². The summed E-state index contributed by atoms with van der Waals surface area (Å²) in [5.41, 5.74) is 6.26. The number of imidazole rings is 1. The number of thiazole rings is 1. The molecule has 0 amide bonds. The average Bonchev–Trinajstić information content (AvgIpc) is 2.91. The second-order valence-electron chi connectivity index (χ2n) is 4.28. The summed E-state index contributed by atoms with van der Waals surface area (Å²) in [6.45, 7) is 0. The zero-order chi connectivity index (χ0) is 15.2. The van der Waals surface area contributed by atoms with Gasteiger partial charge in [0.15, 0.2) is 16.0 Å². The first-order valence-corrected chi connectivity index (χ1v) is 8.40. The quantitative estimate of drug-likeness (QED) is 0.757. The number of sulfonamides is 1. The normalized spacial score (nSPS) is 11.9. The number of nitrogens with two attached hydrogens (primary N) is 1. The molecule has 2 aromatic heterocycles. The summed E-state index contributed by atoms with van der Waals surface area (Å²) >= 11 is 7.09. The monoisotopic (exact) mass is 343 g/mol. The molecule has 2 heterocycles. The van der Waals surface area contributed by atoms with Crippen LogP contribution in [-0.2, 0) is 17.1 Å². The molecule has 0 aliphatic carbocycles. The molecule has 0 radical (unpaired) electrons. The van der Waals surface area contributed by atoms with E-state index < -0.39 is 10.0 Å². The van der Waals surface area contributed by atoms with Gasteiger partial charge in [0.2, 0.25) is 0 Å². The summed E-state index contributed by atoms with van der Waals surface area (Å²) in [6, 6.07) is 5.15. The molecule has 3 aromatic rings. The zero-order valence-corrected chi connectivity index (χ0v) is 13.1. The van der Waals surface area contributed by atoms with E-state index in [1.165, 1.54) is 22.2 Å². The number of fused-ring (bicyclic) bond motifs is 1. The molecule has 0 bridgehead atoms. The molecule has 21 heavy (non-hydrogen) atoms. The van der Waals surface area contributed by atoms with Crippen molar-refractivity contribution in [2.24, 2.45) is 7.05 Å². The highest BCUT2D eigenvalue weighted by Gasteiger charge is 2.23. The molecular weight excluding hydrogens is 334 g/mol. The lowest BCUT2D eigenvalue weighted by Crippen LogP contribution is -2.17. The Morgan fingerprint density at radius 1 is 1.43 bits per heavy atom. The summed E-state index contributed by atoms with van der Waals surface area (Å²) in [4.78, 5) is 7.97. The fourth-order valence-corrected chi connectivity index (χ4v) is 4.49. The molecule has 0 aliphatic rings. The van der Waals surface area contributed by atoms with Crippen LogP contribution in [0.25, 0.3) is 10.2 Å². The number of hydrogen-bond donors (Lipinski definition) is 2. The summed E-state index contributed by atoms with van der Waals surface area (Å²) < 4.78 is 29.2. The van der Waals surface area contributed by atoms with Crippen molar-refractivity contribution in [3.8, 4) is 0 Å². The van der Waals surface area contributed by atoms with E-state index in [2.05, 4.69) is 14.7 Å². The molecule has 0 spiro atoms. The molecule has 0 saturated heterocycles. The lowest BCUT2D eigenvalue weighted by Gasteiger charge is -2.05. The van der Waals surface area contributed by atoms with E-state index in [1.807, 2.05) is 0 Å². The zero-order valence-electron chi connectivity index (χ0n) is 10.7. The summed E-state index contributed by atoms with van der Waals surface area (Å²) in [6.07, 6.45) is 1.34. The van der Waals surface area contributed by atoms with E-state index in [1.54, 1.807) is 25.2 Å². The largest absolute Gasteiger partial charge is 0.381 e. The van der Waals surface area contributed by atoms with Crippen LogP contribution in [0.5, 0.6) is 0 Å². The maximum absolute atomic E-state index is 12.3. The highest BCUT2D eigenvalue weighted by Crippen LogP contribution is 2.30. The van der Waals surface area contributed by atoms with E-state index in [9.17, 15) is 8.42 Å². The van der Waals surface area contributed by atoms with Crippen molar-refractivity contribution >= 4 is 54.1 Å². The molecule has 1 aromatic carbocycles. The molecule has 0 fully saturated rings. The first-order valence-electron chi connectivity index (χ1n) is 5.72. The highest BCUT2D eigenvalue weighted by atomic mass is 35.5. The number of halogens is 1. The molecule has 0 atom stereocenters. The highest BCUT2D eigenvalue weighted by molar-refractivity contribution is 7.93. The predicted octanol–water partition coefficient (Wildman–Crippen LogP) is 2.07. The van der Waals surface area contributed by atoms with Crippen LogP contribution in [-0.4, -0.2) is 23.0 Å². The van der Waals surface area contributed by atoms with Crippen LogP contribution in [0, 0.1) is 0 Å². The van der Waals surface area contributed by atoms with E-state index >= 15 is 0 Å². The third kappa shape index (κ3) is 2.55. The van der Waals surface area contributed by atoms with Gasteiger partial charge in [0.25, 0.3) is 10.0 Å². The maximum atomic E-state index is 12.3. The van der Waals surface area contributed by atoms with Gasteiger partial charge in [-0.3, -0.25) is 4.72 Å². The van der Waals surface area contributed by atoms with Crippen LogP contribution in [0.4, 0.5) is 10.9 Å². The fraction of sp³-hybridized carbons (Fsp3) is 0.0909. The van der Waals surface area contributed by atoms with Crippen LogP contribution in [0.15, 0.2) is 29.6 Å². The van der Waals surface area contributed by atoms with Gasteiger partial charge in [-0.1, -0.05) is 22.9 Å². The molecule has 110 valence electrons. The second-order valence-corrected chi connectivity index (χ2v) is 7.35. The fourth-order valence-electron chi connectivity index (χ4n) is 1.87. The van der Waals surface area contributed by atoms with Crippen LogP contribution in [0.2, 0.25) is 5.02 Å². The van der Waals surface area contributed by atoms with Crippen molar-refractivity contribution < 1.29 is 8.42 Å². The lowest BCUT2D eigenvalue weighted by atomic mass is 10.3.